The lowest BCUT2D eigenvalue weighted by Crippen LogP contribution is -2.41. The highest BCUT2D eigenvalue weighted by atomic mass is 16.5. The van der Waals surface area contributed by atoms with Gasteiger partial charge in [-0.05, 0) is 48.9 Å². The van der Waals surface area contributed by atoms with E-state index in [9.17, 15) is 9.59 Å². The summed E-state index contributed by atoms with van der Waals surface area (Å²) < 4.78 is 5.79. The Morgan fingerprint density at radius 3 is 2.04 bits per heavy atom. The number of hydrogen-bond acceptors (Lipinski definition) is 4. The summed E-state index contributed by atoms with van der Waals surface area (Å²) in [6, 6.07) is 25.0. The Labute approximate surface area is 163 Å². The van der Waals surface area contributed by atoms with Crippen LogP contribution in [0, 0.1) is 0 Å². The summed E-state index contributed by atoms with van der Waals surface area (Å²) in [5, 5.41) is 5.87. The first-order valence-electron chi connectivity index (χ1n) is 9.08. The molecule has 1 amide bonds. The summed E-state index contributed by atoms with van der Waals surface area (Å²) >= 11 is 0. The fourth-order valence-corrected chi connectivity index (χ4v) is 3.32. The van der Waals surface area contributed by atoms with Crippen LogP contribution >= 0.6 is 0 Å². The van der Waals surface area contributed by atoms with Gasteiger partial charge in [-0.1, -0.05) is 48.5 Å². The number of hydrogen-bond donors (Lipinski definition) is 2. The maximum atomic E-state index is 13.0. The molecule has 0 radical (unpaired) electrons. The van der Waals surface area contributed by atoms with Crippen molar-refractivity contribution in [1.29, 1.82) is 0 Å². The van der Waals surface area contributed by atoms with Crippen molar-refractivity contribution >= 4 is 17.4 Å². The largest absolute Gasteiger partial charge is 0.457 e. The number of ether oxygens (including phenoxy) is 1. The molecule has 3 aromatic rings. The van der Waals surface area contributed by atoms with Gasteiger partial charge >= 0.3 is 0 Å². The van der Waals surface area contributed by atoms with Crippen molar-refractivity contribution in [3.8, 4) is 11.5 Å². The first-order valence-corrected chi connectivity index (χ1v) is 9.08. The molecule has 0 saturated carbocycles. The third kappa shape index (κ3) is 3.34. The molecule has 0 aliphatic carbocycles. The van der Waals surface area contributed by atoms with E-state index in [1.165, 1.54) is 0 Å². The Morgan fingerprint density at radius 2 is 1.39 bits per heavy atom. The van der Waals surface area contributed by atoms with E-state index in [1.807, 2.05) is 60.7 Å². The van der Waals surface area contributed by atoms with Crippen LogP contribution in [0.3, 0.4) is 0 Å². The fourth-order valence-electron chi connectivity index (χ4n) is 3.32. The van der Waals surface area contributed by atoms with Crippen molar-refractivity contribution in [2.75, 3.05) is 5.32 Å². The first-order chi connectivity index (χ1) is 13.6. The van der Waals surface area contributed by atoms with E-state index in [2.05, 4.69) is 10.6 Å². The van der Waals surface area contributed by atoms with Gasteiger partial charge in [0.1, 0.15) is 17.0 Å². The number of ketones is 1. The molecule has 5 heteroatoms. The normalized spacial score (nSPS) is 21.2. The maximum Gasteiger partial charge on any atom is 0.251 e. The number of para-hydroxylation sites is 2. The molecule has 5 nitrogen and oxygen atoms in total. The molecule has 4 rings (SSSR count). The first kappa shape index (κ1) is 17.8. The highest BCUT2D eigenvalue weighted by molar-refractivity contribution is 6.18. The molecule has 28 heavy (non-hydrogen) atoms. The van der Waals surface area contributed by atoms with E-state index in [0.29, 0.717) is 11.3 Å². The second-order valence-corrected chi connectivity index (χ2v) is 6.86. The van der Waals surface area contributed by atoms with Crippen LogP contribution in [-0.4, -0.2) is 17.7 Å². The molecular formula is C23H20N2O3. The van der Waals surface area contributed by atoms with Crippen LogP contribution < -0.4 is 15.4 Å². The van der Waals surface area contributed by atoms with Gasteiger partial charge in [0.25, 0.3) is 5.91 Å². The zero-order valence-corrected chi connectivity index (χ0v) is 15.4. The number of carbonyl (C=O) groups is 2. The second-order valence-electron chi connectivity index (χ2n) is 6.86. The Bertz CT molecular complexity index is 987. The molecule has 1 aliphatic heterocycles. The van der Waals surface area contributed by atoms with Gasteiger partial charge in [-0.25, -0.2) is 0 Å². The SMILES string of the molecule is CC1(c2ccc(Oc3ccccc3)cc2)NC(=O)C(Nc2ccccc2)C1=O. The molecule has 1 saturated heterocycles. The van der Waals surface area contributed by atoms with E-state index in [0.717, 1.165) is 11.4 Å². The molecule has 1 fully saturated rings. The third-order valence-corrected chi connectivity index (χ3v) is 4.89. The Balaban J connectivity index is 1.53. The molecule has 3 aromatic carbocycles. The smallest absolute Gasteiger partial charge is 0.251 e. The van der Waals surface area contributed by atoms with Gasteiger partial charge in [0, 0.05) is 5.69 Å². The number of nitrogens with one attached hydrogen (secondary N) is 2. The average Bonchev–Trinajstić information content (AvgIpc) is 2.94. The van der Waals surface area contributed by atoms with Gasteiger partial charge < -0.3 is 15.4 Å². The molecule has 1 aliphatic rings. The number of amides is 1. The van der Waals surface area contributed by atoms with E-state index >= 15 is 0 Å². The quantitative estimate of drug-likeness (QED) is 0.667. The van der Waals surface area contributed by atoms with Gasteiger partial charge in [0.05, 0.1) is 0 Å². The van der Waals surface area contributed by atoms with Crippen LogP contribution in [-0.2, 0) is 15.1 Å². The zero-order chi connectivity index (χ0) is 19.6. The molecule has 2 N–H and O–H groups in total. The topological polar surface area (TPSA) is 67.4 Å². The lowest BCUT2D eigenvalue weighted by Gasteiger charge is -2.23. The number of rotatable bonds is 5. The van der Waals surface area contributed by atoms with Crippen molar-refractivity contribution in [1.82, 2.24) is 5.32 Å². The molecule has 0 bridgehead atoms. The van der Waals surface area contributed by atoms with Crippen LogP contribution in [0.15, 0.2) is 84.9 Å². The predicted octanol–water partition coefficient (Wildman–Crippen LogP) is 3.87. The maximum absolute atomic E-state index is 13.0. The summed E-state index contributed by atoms with van der Waals surface area (Å²) in [4.78, 5) is 25.5. The molecule has 0 aromatic heterocycles. The Kier molecular flexibility index (Phi) is 4.57. The molecule has 2 atom stereocenters. The summed E-state index contributed by atoms with van der Waals surface area (Å²) in [6.45, 7) is 1.73. The van der Waals surface area contributed by atoms with Crippen molar-refractivity contribution in [2.24, 2.45) is 0 Å². The monoisotopic (exact) mass is 372 g/mol. The van der Waals surface area contributed by atoms with E-state index in [-0.39, 0.29) is 11.7 Å². The van der Waals surface area contributed by atoms with Gasteiger partial charge in [-0.15, -0.1) is 0 Å². The molecule has 2 unspecified atom stereocenters. The van der Waals surface area contributed by atoms with Crippen molar-refractivity contribution in [2.45, 2.75) is 18.5 Å². The third-order valence-electron chi connectivity index (χ3n) is 4.89. The standard InChI is InChI=1S/C23H20N2O3/c1-23(16-12-14-19(15-13-16)28-18-10-6-3-7-11-18)21(26)20(22(27)25-23)24-17-8-4-2-5-9-17/h2-15,20,24H,1H3,(H,25,27). The highest BCUT2D eigenvalue weighted by Crippen LogP contribution is 2.31. The van der Waals surface area contributed by atoms with E-state index in [4.69, 9.17) is 4.74 Å². The average molecular weight is 372 g/mol. The molecule has 140 valence electrons. The highest BCUT2D eigenvalue weighted by Gasteiger charge is 2.50. The van der Waals surface area contributed by atoms with Crippen LogP contribution in [0.4, 0.5) is 5.69 Å². The van der Waals surface area contributed by atoms with Crippen molar-refractivity contribution in [3.63, 3.8) is 0 Å². The van der Waals surface area contributed by atoms with Crippen LogP contribution in [0.2, 0.25) is 0 Å². The lowest BCUT2D eigenvalue weighted by atomic mass is 9.88. The summed E-state index contributed by atoms with van der Waals surface area (Å²) in [5.74, 6) is 0.854. The van der Waals surface area contributed by atoms with Crippen molar-refractivity contribution < 1.29 is 14.3 Å². The Hall–Kier alpha value is -3.60. The molecular weight excluding hydrogens is 352 g/mol. The zero-order valence-electron chi connectivity index (χ0n) is 15.4. The van der Waals surface area contributed by atoms with Gasteiger partial charge in [0.15, 0.2) is 11.8 Å². The lowest BCUT2D eigenvalue weighted by molar-refractivity contribution is -0.124. The van der Waals surface area contributed by atoms with Crippen molar-refractivity contribution in [3.05, 3.63) is 90.5 Å². The summed E-state index contributed by atoms with van der Waals surface area (Å²) in [6.07, 6.45) is 0. The van der Waals surface area contributed by atoms with E-state index < -0.39 is 11.6 Å². The minimum Gasteiger partial charge on any atom is -0.457 e. The summed E-state index contributed by atoms with van der Waals surface area (Å²) in [5.41, 5.74) is 0.352. The predicted molar refractivity (Wildman–Crippen MR) is 107 cm³/mol. The van der Waals surface area contributed by atoms with Gasteiger partial charge in [0.2, 0.25) is 0 Å². The minimum absolute atomic E-state index is 0.210. The molecule has 0 spiro atoms. The van der Waals surface area contributed by atoms with Gasteiger partial charge in [-0.3, -0.25) is 9.59 Å². The number of anilines is 1. The number of benzene rings is 3. The van der Waals surface area contributed by atoms with Gasteiger partial charge in [-0.2, -0.15) is 0 Å². The van der Waals surface area contributed by atoms with Crippen LogP contribution in [0.25, 0.3) is 0 Å². The number of carbonyl (C=O) groups excluding carboxylic acids is 2. The molecule has 1 heterocycles. The minimum atomic E-state index is -1.09. The fraction of sp³-hybridized carbons (Fsp3) is 0.130. The second kappa shape index (κ2) is 7.19. The van der Waals surface area contributed by atoms with E-state index in [1.54, 1.807) is 31.2 Å². The summed E-state index contributed by atoms with van der Waals surface area (Å²) in [7, 11) is 0. The Morgan fingerprint density at radius 1 is 0.821 bits per heavy atom. The van der Waals surface area contributed by atoms with Crippen LogP contribution in [0.5, 0.6) is 11.5 Å². The van der Waals surface area contributed by atoms with Crippen LogP contribution in [0.1, 0.15) is 12.5 Å². The number of Topliss-reactive ketones (excluding diaryl/α,β-unsaturated/α-hetero) is 1.